The number of nitrogen functional groups attached to an aromatic ring is 1. The predicted molar refractivity (Wildman–Crippen MR) is 67.0 cm³/mol. The van der Waals surface area contributed by atoms with E-state index < -0.39 is 0 Å². The number of hydrogen-bond acceptors (Lipinski definition) is 3. The summed E-state index contributed by atoms with van der Waals surface area (Å²) in [6, 6.07) is 6.10. The van der Waals surface area contributed by atoms with Crippen molar-refractivity contribution >= 4 is 22.1 Å². The molecule has 0 unspecified atom stereocenters. The van der Waals surface area contributed by atoms with Crippen molar-refractivity contribution in [2.24, 2.45) is 0 Å². The molecule has 2 nitrogen and oxygen atoms in total. The van der Waals surface area contributed by atoms with Crippen LogP contribution in [0.4, 0.5) is 5.00 Å². The SMILES string of the molecule is CCc1ccc2c(c1)C(=O)c1c-2csc1N. The van der Waals surface area contributed by atoms with Gasteiger partial charge in [-0.05, 0) is 23.6 Å². The van der Waals surface area contributed by atoms with Crippen LogP contribution in [-0.4, -0.2) is 5.78 Å². The second kappa shape index (κ2) is 3.19. The second-order valence-electron chi connectivity index (χ2n) is 3.95. The van der Waals surface area contributed by atoms with Crippen LogP contribution in [0.5, 0.6) is 0 Å². The summed E-state index contributed by atoms with van der Waals surface area (Å²) >= 11 is 1.44. The number of benzene rings is 1. The van der Waals surface area contributed by atoms with Crippen LogP contribution in [0.25, 0.3) is 11.1 Å². The number of nitrogens with two attached hydrogens (primary N) is 1. The fourth-order valence-corrected chi connectivity index (χ4v) is 2.98. The minimum Gasteiger partial charge on any atom is -0.390 e. The van der Waals surface area contributed by atoms with Gasteiger partial charge in [0.1, 0.15) is 0 Å². The summed E-state index contributed by atoms with van der Waals surface area (Å²) in [5.41, 5.74) is 10.6. The Hall–Kier alpha value is -1.61. The van der Waals surface area contributed by atoms with Gasteiger partial charge in [0, 0.05) is 16.5 Å². The number of anilines is 1. The summed E-state index contributed by atoms with van der Waals surface area (Å²) in [4.78, 5) is 12.2. The zero-order chi connectivity index (χ0) is 11.3. The molecule has 0 aliphatic heterocycles. The van der Waals surface area contributed by atoms with Gasteiger partial charge >= 0.3 is 0 Å². The molecule has 0 atom stereocenters. The maximum atomic E-state index is 12.2. The highest BCUT2D eigenvalue weighted by molar-refractivity contribution is 7.15. The molecule has 3 rings (SSSR count). The molecule has 1 aromatic heterocycles. The van der Waals surface area contributed by atoms with E-state index in [-0.39, 0.29) is 5.78 Å². The molecule has 3 heteroatoms. The summed E-state index contributed by atoms with van der Waals surface area (Å²) < 4.78 is 0. The van der Waals surface area contributed by atoms with E-state index in [9.17, 15) is 4.79 Å². The van der Waals surface area contributed by atoms with Crippen molar-refractivity contribution in [3.63, 3.8) is 0 Å². The lowest BCUT2D eigenvalue weighted by atomic mass is 10.0. The van der Waals surface area contributed by atoms with Crippen molar-refractivity contribution in [2.75, 3.05) is 5.73 Å². The van der Waals surface area contributed by atoms with Crippen LogP contribution in [0.1, 0.15) is 28.4 Å². The first-order valence-corrected chi connectivity index (χ1v) is 6.15. The smallest absolute Gasteiger partial charge is 0.197 e. The molecule has 16 heavy (non-hydrogen) atoms. The van der Waals surface area contributed by atoms with Crippen LogP contribution in [-0.2, 0) is 6.42 Å². The van der Waals surface area contributed by atoms with Gasteiger partial charge in [-0.2, -0.15) is 0 Å². The molecule has 0 saturated carbocycles. The minimum absolute atomic E-state index is 0.0825. The summed E-state index contributed by atoms with van der Waals surface area (Å²) in [5.74, 6) is 0.0825. The average Bonchev–Trinajstić information content (AvgIpc) is 2.81. The van der Waals surface area contributed by atoms with E-state index in [2.05, 4.69) is 13.0 Å². The van der Waals surface area contributed by atoms with Gasteiger partial charge in [0.25, 0.3) is 0 Å². The number of rotatable bonds is 1. The van der Waals surface area contributed by atoms with Crippen LogP contribution < -0.4 is 5.73 Å². The average molecular weight is 229 g/mol. The molecule has 1 aliphatic carbocycles. The van der Waals surface area contributed by atoms with Crippen molar-refractivity contribution in [2.45, 2.75) is 13.3 Å². The monoisotopic (exact) mass is 229 g/mol. The summed E-state index contributed by atoms with van der Waals surface area (Å²) in [7, 11) is 0. The molecule has 0 amide bonds. The van der Waals surface area contributed by atoms with Gasteiger partial charge in [0.15, 0.2) is 5.78 Å². The third-order valence-corrected chi connectivity index (χ3v) is 3.89. The van der Waals surface area contributed by atoms with E-state index in [0.29, 0.717) is 10.6 Å². The number of aryl methyl sites for hydroxylation is 1. The molecule has 0 bridgehead atoms. The first kappa shape index (κ1) is 9.60. The normalized spacial score (nSPS) is 12.7. The van der Waals surface area contributed by atoms with Gasteiger partial charge in [-0.3, -0.25) is 4.79 Å². The third kappa shape index (κ3) is 1.09. The van der Waals surface area contributed by atoms with Gasteiger partial charge in [-0.15, -0.1) is 11.3 Å². The summed E-state index contributed by atoms with van der Waals surface area (Å²) in [5, 5.41) is 2.61. The molecule has 1 aliphatic rings. The van der Waals surface area contributed by atoms with E-state index >= 15 is 0 Å². The molecule has 2 aromatic rings. The Morgan fingerprint density at radius 2 is 2.06 bits per heavy atom. The van der Waals surface area contributed by atoms with Gasteiger partial charge in [-0.25, -0.2) is 0 Å². The zero-order valence-corrected chi connectivity index (χ0v) is 9.73. The van der Waals surface area contributed by atoms with Gasteiger partial charge in [0.2, 0.25) is 0 Å². The fourth-order valence-electron chi connectivity index (χ4n) is 2.17. The Balaban J connectivity index is 2.28. The minimum atomic E-state index is 0.0825. The van der Waals surface area contributed by atoms with Gasteiger partial charge in [-0.1, -0.05) is 19.1 Å². The van der Waals surface area contributed by atoms with Crippen LogP contribution in [0, 0.1) is 0 Å². The number of ketones is 1. The number of fused-ring (bicyclic) bond motifs is 3. The molecule has 1 heterocycles. The quantitative estimate of drug-likeness (QED) is 0.696. The molecule has 0 fully saturated rings. The van der Waals surface area contributed by atoms with Gasteiger partial charge in [0.05, 0.1) is 10.6 Å². The Labute approximate surface area is 97.7 Å². The van der Waals surface area contributed by atoms with E-state index in [1.807, 2.05) is 17.5 Å². The molecule has 0 radical (unpaired) electrons. The predicted octanol–water partition coefficient (Wildman–Crippen LogP) is 3.10. The maximum Gasteiger partial charge on any atom is 0.197 e. The number of thiophene rings is 1. The summed E-state index contributed by atoms with van der Waals surface area (Å²) in [6.45, 7) is 2.09. The second-order valence-corrected chi connectivity index (χ2v) is 4.86. The lowest BCUT2D eigenvalue weighted by molar-refractivity contribution is 0.104. The van der Waals surface area contributed by atoms with Crippen molar-refractivity contribution < 1.29 is 4.79 Å². The Bertz CT molecular complexity index is 598. The molecular weight excluding hydrogens is 218 g/mol. The fraction of sp³-hybridized carbons (Fsp3) is 0.154. The van der Waals surface area contributed by atoms with Crippen LogP contribution in [0.2, 0.25) is 0 Å². The first-order valence-electron chi connectivity index (χ1n) is 5.27. The van der Waals surface area contributed by atoms with Crippen molar-refractivity contribution in [3.05, 3.63) is 40.3 Å². The number of carbonyl (C=O) groups is 1. The third-order valence-electron chi connectivity index (χ3n) is 3.07. The summed E-state index contributed by atoms with van der Waals surface area (Å²) in [6.07, 6.45) is 0.947. The lowest BCUT2D eigenvalue weighted by Crippen LogP contribution is -1.98. The topological polar surface area (TPSA) is 43.1 Å². The number of hydrogen-bond donors (Lipinski definition) is 1. The Morgan fingerprint density at radius 3 is 2.81 bits per heavy atom. The maximum absolute atomic E-state index is 12.2. The molecule has 80 valence electrons. The van der Waals surface area contributed by atoms with Crippen molar-refractivity contribution in [3.8, 4) is 11.1 Å². The molecular formula is C13H11NOS. The highest BCUT2D eigenvalue weighted by Crippen LogP contribution is 2.43. The highest BCUT2D eigenvalue weighted by atomic mass is 32.1. The van der Waals surface area contributed by atoms with Crippen LogP contribution in [0.15, 0.2) is 23.6 Å². The van der Waals surface area contributed by atoms with E-state index in [4.69, 9.17) is 5.73 Å². The van der Waals surface area contributed by atoms with Gasteiger partial charge < -0.3 is 5.73 Å². The Kier molecular flexibility index (Phi) is 1.91. The number of carbonyl (C=O) groups excluding carboxylic acids is 1. The Morgan fingerprint density at radius 1 is 1.25 bits per heavy atom. The van der Waals surface area contributed by atoms with E-state index in [0.717, 1.165) is 23.1 Å². The molecule has 2 N–H and O–H groups in total. The van der Waals surface area contributed by atoms with Crippen LogP contribution in [0.3, 0.4) is 0 Å². The van der Waals surface area contributed by atoms with E-state index in [1.54, 1.807) is 0 Å². The van der Waals surface area contributed by atoms with Crippen molar-refractivity contribution in [1.29, 1.82) is 0 Å². The highest BCUT2D eigenvalue weighted by Gasteiger charge is 2.29. The lowest BCUT2D eigenvalue weighted by Gasteiger charge is -2.01. The zero-order valence-electron chi connectivity index (χ0n) is 8.91. The van der Waals surface area contributed by atoms with E-state index in [1.165, 1.54) is 16.9 Å². The molecule has 0 saturated heterocycles. The molecule has 1 aromatic carbocycles. The molecule has 0 spiro atoms. The van der Waals surface area contributed by atoms with Crippen LogP contribution >= 0.6 is 11.3 Å². The first-order chi connectivity index (χ1) is 7.72. The largest absolute Gasteiger partial charge is 0.390 e. The standard InChI is InChI=1S/C13H11NOS/c1-2-7-3-4-8-9(5-7)12(15)11-10(8)6-16-13(11)14/h3-6H,2,14H2,1H3. The van der Waals surface area contributed by atoms with Crippen molar-refractivity contribution in [1.82, 2.24) is 0 Å².